The van der Waals surface area contributed by atoms with Gasteiger partial charge in [0.05, 0.1) is 11.4 Å². The molecule has 8 nitrogen and oxygen atoms in total. The van der Waals surface area contributed by atoms with Crippen molar-refractivity contribution in [2.45, 2.75) is 61.3 Å². The highest BCUT2D eigenvalue weighted by Crippen LogP contribution is 2.35. The molecule has 0 unspecified atom stereocenters. The maximum Gasteiger partial charge on any atom is 0.331 e. The highest BCUT2D eigenvalue weighted by Gasteiger charge is 2.17. The monoisotopic (exact) mass is 645 g/mol. The molecule has 0 aliphatic heterocycles. The molecule has 0 bridgehead atoms. The van der Waals surface area contributed by atoms with Crippen molar-refractivity contribution in [1.82, 2.24) is 0 Å². The predicted octanol–water partition coefficient (Wildman–Crippen LogP) is 9.32. The van der Waals surface area contributed by atoms with Crippen LogP contribution in [0.15, 0.2) is 107 Å². The zero-order chi connectivity index (χ0) is 34.8. The van der Waals surface area contributed by atoms with Crippen molar-refractivity contribution < 1.29 is 24.1 Å². The van der Waals surface area contributed by atoms with Gasteiger partial charge in [-0.25, -0.2) is 9.59 Å². The Morgan fingerprint density at radius 2 is 0.854 bits per heavy atom. The molecule has 8 heteroatoms. The Labute approximate surface area is 283 Å². The van der Waals surface area contributed by atoms with Gasteiger partial charge in [0, 0.05) is 42.0 Å². The first-order valence-corrected chi connectivity index (χ1v) is 16.1. The SMILES string of the molecule is CC(=O)O/N=C(\CC(C)C)c1ccc(N(c2ccc(C(=O)c3ccc(C)cc3)cc2)c2ccc(/C(CC(C)C)=N/OC(C)=O)cc2)cc1. The standard InChI is InChI=1S/C40H43N3O5/c1-26(2)24-38(41-47-29(6)44)31-12-18-35(19-13-31)43(36-20-14-32(15-21-36)39(25-27(3)4)42-48-30(7)45)37-22-16-34(17-23-37)40(46)33-10-8-28(5)9-11-33/h8-23,26-27H,24-25H2,1-7H3/b41-38+,42-39+. The van der Waals surface area contributed by atoms with Crippen molar-refractivity contribution in [1.29, 1.82) is 0 Å². The van der Waals surface area contributed by atoms with Crippen LogP contribution in [0.4, 0.5) is 17.1 Å². The molecule has 0 saturated carbocycles. The molecular weight excluding hydrogens is 602 g/mol. The molecule has 4 aromatic rings. The average Bonchev–Trinajstić information content (AvgIpc) is 3.06. The quantitative estimate of drug-likeness (QED) is 0.0622. The van der Waals surface area contributed by atoms with E-state index in [2.05, 4.69) is 42.9 Å². The number of carbonyl (C=O) groups excluding carboxylic acids is 3. The highest BCUT2D eigenvalue weighted by atomic mass is 16.7. The maximum atomic E-state index is 13.2. The number of ketones is 1. The summed E-state index contributed by atoms with van der Waals surface area (Å²) >= 11 is 0. The lowest BCUT2D eigenvalue weighted by atomic mass is 9.99. The number of anilines is 3. The minimum Gasteiger partial charge on any atom is -0.318 e. The third-order valence-electron chi connectivity index (χ3n) is 7.39. The Morgan fingerprint density at radius 1 is 0.542 bits per heavy atom. The lowest BCUT2D eigenvalue weighted by molar-refractivity contribution is -0.141. The van der Waals surface area contributed by atoms with E-state index in [0.29, 0.717) is 47.2 Å². The van der Waals surface area contributed by atoms with E-state index in [4.69, 9.17) is 9.68 Å². The van der Waals surface area contributed by atoms with Crippen LogP contribution in [0.25, 0.3) is 0 Å². The van der Waals surface area contributed by atoms with Crippen LogP contribution in [0.2, 0.25) is 0 Å². The van der Waals surface area contributed by atoms with Gasteiger partial charge in [0.2, 0.25) is 0 Å². The van der Waals surface area contributed by atoms with Crippen molar-refractivity contribution in [3.8, 4) is 0 Å². The van der Waals surface area contributed by atoms with Gasteiger partial charge in [-0.15, -0.1) is 0 Å². The van der Waals surface area contributed by atoms with Crippen molar-refractivity contribution in [3.63, 3.8) is 0 Å². The molecule has 0 heterocycles. The van der Waals surface area contributed by atoms with E-state index in [1.807, 2.05) is 104 Å². The van der Waals surface area contributed by atoms with Crippen molar-refractivity contribution in [3.05, 3.63) is 125 Å². The first-order valence-electron chi connectivity index (χ1n) is 16.1. The predicted molar refractivity (Wildman–Crippen MR) is 191 cm³/mol. The molecule has 0 fully saturated rings. The molecule has 4 rings (SSSR count). The fraction of sp³-hybridized carbons (Fsp3) is 0.275. The fourth-order valence-electron chi connectivity index (χ4n) is 5.11. The summed E-state index contributed by atoms with van der Waals surface area (Å²) in [6.07, 6.45) is 1.28. The van der Waals surface area contributed by atoms with Crippen LogP contribution < -0.4 is 4.90 Å². The van der Waals surface area contributed by atoms with E-state index in [0.717, 1.165) is 33.8 Å². The molecule has 0 saturated heterocycles. The van der Waals surface area contributed by atoms with Crippen molar-refractivity contribution in [2.24, 2.45) is 22.1 Å². The summed E-state index contributed by atoms with van der Waals surface area (Å²) in [4.78, 5) is 48.3. The number of nitrogens with zero attached hydrogens (tertiary/aromatic N) is 3. The van der Waals surface area contributed by atoms with Gasteiger partial charge in [-0.05, 0) is 91.3 Å². The molecule has 0 aliphatic carbocycles. The molecular formula is C40H43N3O5. The Bertz CT molecular complexity index is 1690. The van der Waals surface area contributed by atoms with Crippen LogP contribution in [0.5, 0.6) is 0 Å². The van der Waals surface area contributed by atoms with Gasteiger partial charge < -0.3 is 14.6 Å². The molecule has 0 spiro atoms. The third kappa shape index (κ3) is 9.82. The minimum atomic E-state index is -0.471. The number of oxime groups is 2. The average molecular weight is 646 g/mol. The smallest absolute Gasteiger partial charge is 0.318 e. The Kier molecular flexibility index (Phi) is 12.2. The number of benzene rings is 4. The largest absolute Gasteiger partial charge is 0.331 e. The van der Waals surface area contributed by atoms with Crippen molar-refractivity contribution >= 4 is 46.2 Å². The second kappa shape index (κ2) is 16.5. The van der Waals surface area contributed by atoms with E-state index in [-0.39, 0.29) is 5.78 Å². The normalized spacial score (nSPS) is 11.9. The summed E-state index contributed by atoms with van der Waals surface area (Å²) in [5.74, 6) is -0.376. The van der Waals surface area contributed by atoms with Crippen LogP contribution in [-0.4, -0.2) is 29.1 Å². The molecule has 0 N–H and O–H groups in total. The summed E-state index contributed by atoms with van der Waals surface area (Å²) in [7, 11) is 0. The van der Waals surface area contributed by atoms with E-state index in [9.17, 15) is 14.4 Å². The second-order valence-corrected chi connectivity index (χ2v) is 12.6. The van der Waals surface area contributed by atoms with Gasteiger partial charge in [0.15, 0.2) is 5.78 Å². The Balaban J connectivity index is 1.75. The summed E-state index contributed by atoms with van der Waals surface area (Å²) in [6, 6.07) is 30.9. The minimum absolute atomic E-state index is 0.0451. The zero-order valence-corrected chi connectivity index (χ0v) is 28.7. The van der Waals surface area contributed by atoms with Gasteiger partial charge in [0.25, 0.3) is 0 Å². The van der Waals surface area contributed by atoms with Gasteiger partial charge in [-0.1, -0.05) is 92.1 Å². The molecule has 248 valence electrons. The number of carbonyl (C=O) groups is 3. The van der Waals surface area contributed by atoms with Crippen LogP contribution >= 0.6 is 0 Å². The molecule has 4 aromatic carbocycles. The summed E-state index contributed by atoms with van der Waals surface area (Å²) in [5.41, 5.74) is 7.99. The molecule has 48 heavy (non-hydrogen) atoms. The lowest BCUT2D eigenvalue weighted by Crippen LogP contribution is -2.12. The maximum absolute atomic E-state index is 13.2. The molecule has 0 radical (unpaired) electrons. The summed E-state index contributed by atoms with van der Waals surface area (Å²) in [6.45, 7) is 13.0. The van der Waals surface area contributed by atoms with Gasteiger partial charge in [-0.3, -0.25) is 4.79 Å². The van der Waals surface area contributed by atoms with Gasteiger partial charge >= 0.3 is 11.9 Å². The van der Waals surface area contributed by atoms with Gasteiger partial charge in [0.1, 0.15) is 0 Å². The number of rotatable bonds is 13. The second-order valence-electron chi connectivity index (χ2n) is 12.6. The van der Waals surface area contributed by atoms with Crippen LogP contribution in [0.1, 0.15) is 87.0 Å². The molecule has 0 aliphatic rings. The van der Waals surface area contributed by atoms with E-state index >= 15 is 0 Å². The summed E-state index contributed by atoms with van der Waals surface area (Å²) < 4.78 is 0. The van der Waals surface area contributed by atoms with E-state index in [1.54, 1.807) is 0 Å². The molecule has 0 aromatic heterocycles. The van der Waals surface area contributed by atoms with Crippen LogP contribution in [0, 0.1) is 18.8 Å². The topological polar surface area (TPSA) is 97.6 Å². The van der Waals surface area contributed by atoms with Gasteiger partial charge in [-0.2, -0.15) is 0 Å². The third-order valence-corrected chi connectivity index (χ3v) is 7.39. The first kappa shape index (κ1) is 35.5. The van der Waals surface area contributed by atoms with E-state index in [1.165, 1.54) is 13.8 Å². The lowest BCUT2D eigenvalue weighted by Gasteiger charge is -2.26. The number of aryl methyl sites for hydroxylation is 1. The fourth-order valence-corrected chi connectivity index (χ4v) is 5.11. The zero-order valence-electron chi connectivity index (χ0n) is 28.7. The molecule has 0 atom stereocenters. The Hall–Kier alpha value is -5.37. The Morgan fingerprint density at radius 3 is 1.17 bits per heavy atom. The van der Waals surface area contributed by atoms with Crippen LogP contribution in [-0.2, 0) is 19.3 Å². The summed E-state index contributed by atoms with van der Waals surface area (Å²) in [5, 5.41) is 8.26. The first-order chi connectivity index (χ1) is 22.9. The molecule has 0 amide bonds. The van der Waals surface area contributed by atoms with Crippen molar-refractivity contribution in [2.75, 3.05) is 4.90 Å². The number of hydrogen-bond acceptors (Lipinski definition) is 8. The van der Waals surface area contributed by atoms with Crippen LogP contribution in [0.3, 0.4) is 0 Å². The van der Waals surface area contributed by atoms with E-state index < -0.39 is 11.9 Å². The highest BCUT2D eigenvalue weighted by molar-refractivity contribution is 6.09. The number of hydrogen-bond donors (Lipinski definition) is 0.